The standard InChI is InChI=1S/C25H32N4OS/c1-17-12-21-10-11-31-29-24(21)23(27-15-17)14-18-4-2-6-20(9-8-18)25(30)28-16-19-5-3-7-22(26)13-19/h3,5,7,10,13,15,18,20H,2,4,6,8-9,11-12,14,16,26H2,1H3,(H,28,30). The zero-order valence-corrected chi connectivity index (χ0v) is 19.1. The zero-order chi connectivity index (χ0) is 21.6. The van der Waals surface area contributed by atoms with Gasteiger partial charge in [0, 0.05) is 30.1 Å². The predicted octanol–water partition coefficient (Wildman–Crippen LogP) is 5.25. The lowest BCUT2D eigenvalue weighted by Gasteiger charge is -2.19. The van der Waals surface area contributed by atoms with Crippen LogP contribution in [-0.4, -0.2) is 23.1 Å². The number of anilines is 1. The summed E-state index contributed by atoms with van der Waals surface area (Å²) >= 11 is 1.62. The molecule has 4 rings (SSSR count). The number of carbonyl (C=O) groups excluding carboxylic acids is 1. The minimum absolute atomic E-state index is 0.0994. The summed E-state index contributed by atoms with van der Waals surface area (Å²) in [7, 11) is 0. The van der Waals surface area contributed by atoms with Gasteiger partial charge in [-0.3, -0.25) is 9.79 Å². The summed E-state index contributed by atoms with van der Waals surface area (Å²) in [6, 6.07) is 7.71. The monoisotopic (exact) mass is 436 g/mol. The van der Waals surface area contributed by atoms with Gasteiger partial charge in [0.25, 0.3) is 0 Å². The minimum atomic E-state index is 0.0994. The number of benzene rings is 1. The van der Waals surface area contributed by atoms with Crippen LogP contribution in [0.5, 0.6) is 0 Å². The number of nitrogen functional groups attached to an aromatic ring is 1. The Hall–Kier alpha value is -2.34. The van der Waals surface area contributed by atoms with Crippen LogP contribution in [0.2, 0.25) is 0 Å². The molecule has 6 heteroatoms. The van der Waals surface area contributed by atoms with Crippen LogP contribution in [0.1, 0.15) is 57.4 Å². The van der Waals surface area contributed by atoms with Gasteiger partial charge in [-0.1, -0.05) is 36.6 Å². The van der Waals surface area contributed by atoms with Gasteiger partial charge in [-0.05, 0) is 80.2 Å². The van der Waals surface area contributed by atoms with Gasteiger partial charge in [-0.15, -0.1) is 0 Å². The van der Waals surface area contributed by atoms with Crippen molar-refractivity contribution in [2.45, 2.75) is 58.4 Å². The van der Waals surface area contributed by atoms with E-state index >= 15 is 0 Å². The first-order valence-corrected chi connectivity index (χ1v) is 12.3. The number of carbonyl (C=O) groups is 1. The van der Waals surface area contributed by atoms with Gasteiger partial charge in [0.2, 0.25) is 5.91 Å². The lowest BCUT2D eigenvalue weighted by molar-refractivity contribution is -0.125. The van der Waals surface area contributed by atoms with Crippen LogP contribution in [-0.2, 0) is 11.3 Å². The fraction of sp³-hybridized carbons (Fsp3) is 0.480. The number of allylic oxidation sites excluding steroid dienone is 2. The number of nitrogens with one attached hydrogen (secondary N) is 1. The molecule has 0 saturated heterocycles. The third kappa shape index (κ3) is 5.88. The molecule has 5 nitrogen and oxygen atoms in total. The second kappa shape index (κ2) is 10.3. The number of nitrogens with two attached hydrogens (primary N) is 1. The maximum Gasteiger partial charge on any atom is 0.223 e. The van der Waals surface area contributed by atoms with Crippen molar-refractivity contribution in [3.63, 3.8) is 0 Å². The van der Waals surface area contributed by atoms with Crippen LogP contribution < -0.4 is 11.1 Å². The van der Waals surface area contributed by atoms with Crippen molar-refractivity contribution in [3.05, 3.63) is 53.3 Å². The number of hydrogen-bond acceptors (Lipinski definition) is 5. The zero-order valence-electron chi connectivity index (χ0n) is 18.3. The lowest BCUT2D eigenvalue weighted by Crippen LogP contribution is -2.30. The van der Waals surface area contributed by atoms with Crippen molar-refractivity contribution in [1.29, 1.82) is 0 Å². The van der Waals surface area contributed by atoms with Crippen LogP contribution in [0.4, 0.5) is 5.69 Å². The predicted molar refractivity (Wildman–Crippen MR) is 131 cm³/mol. The van der Waals surface area contributed by atoms with Crippen molar-refractivity contribution in [2.75, 3.05) is 11.5 Å². The van der Waals surface area contributed by atoms with Crippen LogP contribution in [0.15, 0.2) is 57.1 Å². The molecule has 3 N–H and O–H groups in total. The van der Waals surface area contributed by atoms with E-state index in [4.69, 9.17) is 15.1 Å². The Balaban J connectivity index is 1.33. The third-order valence-corrected chi connectivity index (χ3v) is 7.03. The van der Waals surface area contributed by atoms with Gasteiger partial charge >= 0.3 is 0 Å². The fourth-order valence-corrected chi connectivity index (χ4v) is 5.39. The molecule has 3 aliphatic rings. The Labute approximate surface area is 189 Å². The van der Waals surface area contributed by atoms with Crippen molar-refractivity contribution < 1.29 is 4.79 Å². The van der Waals surface area contributed by atoms with E-state index in [0.717, 1.165) is 73.4 Å². The molecule has 1 aromatic rings. The van der Waals surface area contributed by atoms with Crippen LogP contribution in [0.3, 0.4) is 0 Å². The molecular weight excluding hydrogens is 404 g/mol. The average Bonchev–Trinajstić information content (AvgIpc) is 3.09. The highest BCUT2D eigenvalue weighted by atomic mass is 32.2. The maximum atomic E-state index is 12.8. The van der Waals surface area contributed by atoms with Crippen LogP contribution >= 0.6 is 11.9 Å². The van der Waals surface area contributed by atoms with E-state index in [9.17, 15) is 4.79 Å². The minimum Gasteiger partial charge on any atom is -0.399 e. The Kier molecular flexibility index (Phi) is 7.28. The Bertz CT molecular complexity index is 947. The molecule has 164 valence electrons. The quantitative estimate of drug-likeness (QED) is 0.376. The van der Waals surface area contributed by atoms with Gasteiger partial charge < -0.3 is 11.1 Å². The normalized spacial score (nSPS) is 23.9. The molecule has 1 saturated carbocycles. The summed E-state index contributed by atoms with van der Waals surface area (Å²) in [4.78, 5) is 17.6. The van der Waals surface area contributed by atoms with Gasteiger partial charge in [-0.2, -0.15) is 0 Å². The number of amides is 1. The van der Waals surface area contributed by atoms with E-state index in [2.05, 4.69) is 18.3 Å². The first kappa shape index (κ1) is 21.9. The fourth-order valence-electron chi connectivity index (χ4n) is 4.69. The second-order valence-electron chi connectivity index (χ2n) is 8.93. The Morgan fingerprint density at radius 3 is 3.03 bits per heavy atom. The van der Waals surface area contributed by atoms with Crippen molar-refractivity contribution in [2.24, 2.45) is 21.2 Å². The molecule has 2 atom stereocenters. The smallest absolute Gasteiger partial charge is 0.223 e. The van der Waals surface area contributed by atoms with Crippen LogP contribution in [0, 0.1) is 11.8 Å². The Morgan fingerprint density at radius 1 is 1.26 bits per heavy atom. The average molecular weight is 437 g/mol. The van der Waals surface area contributed by atoms with Gasteiger partial charge in [0.05, 0.1) is 11.4 Å². The molecule has 1 amide bonds. The molecule has 2 heterocycles. The maximum absolute atomic E-state index is 12.8. The largest absolute Gasteiger partial charge is 0.399 e. The molecule has 0 bridgehead atoms. The molecule has 2 unspecified atom stereocenters. The van der Waals surface area contributed by atoms with Crippen LogP contribution in [0.25, 0.3) is 0 Å². The number of rotatable bonds is 5. The topological polar surface area (TPSA) is 79.8 Å². The number of aliphatic imine (C=N–C) groups is 1. The number of fused-ring (bicyclic) bond motifs is 1. The SMILES string of the molecule is CC1=CN=C(CC2CCCC(C(=O)NCc3cccc(N)c3)CC2)C2=NSCC=C2C1. The molecule has 0 spiro atoms. The van der Waals surface area contributed by atoms with E-state index < -0.39 is 0 Å². The third-order valence-electron chi connectivity index (χ3n) is 6.41. The second-order valence-corrected chi connectivity index (χ2v) is 9.71. The number of hydrogen-bond donors (Lipinski definition) is 2. The first-order chi connectivity index (χ1) is 15.1. The molecular formula is C25H32N4OS. The van der Waals surface area contributed by atoms with E-state index in [1.165, 1.54) is 11.1 Å². The summed E-state index contributed by atoms with van der Waals surface area (Å²) in [5.41, 5.74) is 12.5. The molecule has 1 fully saturated rings. The molecule has 1 aliphatic carbocycles. The highest BCUT2D eigenvalue weighted by Crippen LogP contribution is 2.32. The molecule has 31 heavy (non-hydrogen) atoms. The van der Waals surface area contributed by atoms with Gasteiger partial charge in [0.1, 0.15) is 0 Å². The lowest BCUT2D eigenvalue weighted by atomic mass is 9.89. The molecule has 0 radical (unpaired) electrons. The Morgan fingerprint density at radius 2 is 2.16 bits per heavy atom. The summed E-state index contributed by atoms with van der Waals surface area (Å²) in [5, 5.41) is 3.11. The summed E-state index contributed by atoms with van der Waals surface area (Å²) < 4.78 is 4.75. The van der Waals surface area contributed by atoms with Crippen molar-refractivity contribution >= 4 is 35.0 Å². The first-order valence-electron chi connectivity index (χ1n) is 11.3. The molecule has 0 aromatic heterocycles. The van der Waals surface area contributed by atoms with Crippen molar-refractivity contribution in [1.82, 2.24) is 5.32 Å². The number of nitrogens with zero attached hydrogens (tertiary/aromatic N) is 2. The highest BCUT2D eigenvalue weighted by molar-refractivity contribution is 7.98. The summed E-state index contributed by atoms with van der Waals surface area (Å²) in [5.74, 6) is 1.79. The van der Waals surface area contributed by atoms with E-state index in [0.29, 0.717) is 12.5 Å². The van der Waals surface area contributed by atoms with E-state index in [1.54, 1.807) is 11.9 Å². The summed E-state index contributed by atoms with van der Waals surface area (Å²) in [6.45, 7) is 2.68. The van der Waals surface area contributed by atoms with Gasteiger partial charge in [-0.25, -0.2) is 4.40 Å². The molecule has 2 aliphatic heterocycles. The van der Waals surface area contributed by atoms with Crippen molar-refractivity contribution in [3.8, 4) is 0 Å². The van der Waals surface area contributed by atoms with Gasteiger partial charge in [0.15, 0.2) is 0 Å². The van der Waals surface area contributed by atoms with E-state index in [-0.39, 0.29) is 11.8 Å². The molecule has 1 aromatic carbocycles. The highest BCUT2D eigenvalue weighted by Gasteiger charge is 2.27. The summed E-state index contributed by atoms with van der Waals surface area (Å²) in [6.07, 6.45) is 11.4. The van der Waals surface area contributed by atoms with E-state index in [1.807, 2.05) is 30.5 Å².